The van der Waals surface area contributed by atoms with Crippen LogP contribution in [-0.2, 0) is 16.1 Å². The van der Waals surface area contributed by atoms with Crippen molar-refractivity contribution < 1.29 is 28.5 Å². The number of ether oxygens (including phenoxy) is 5. The summed E-state index contributed by atoms with van der Waals surface area (Å²) in [5, 5.41) is 0.605. The topological polar surface area (TPSA) is 97.6 Å². The Morgan fingerprint density at radius 2 is 1.81 bits per heavy atom. The third-order valence-corrected chi connectivity index (χ3v) is 9.41. The van der Waals surface area contributed by atoms with Gasteiger partial charge in [-0.3, -0.25) is 9.36 Å². The molecule has 4 aromatic rings. The largest absolute Gasteiger partial charge is 0.493 e. The molecule has 0 bridgehead atoms. The van der Waals surface area contributed by atoms with E-state index < -0.39 is 12.0 Å². The summed E-state index contributed by atoms with van der Waals surface area (Å²) in [6.45, 7) is 10.1. The van der Waals surface area contributed by atoms with Crippen molar-refractivity contribution in [2.75, 3.05) is 26.9 Å². The number of benzene rings is 3. The van der Waals surface area contributed by atoms with Crippen molar-refractivity contribution in [3.63, 3.8) is 0 Å². The Morgan fingerprint density at radius 3 is 2.52 bits per heavy atom. The molecule has 250 valence electrons. The zero-order valence-corrected chi connectivity index (χ0v) is 30.0. The molecule has 9 nitrogen and oxygen atoms in total. The Kier molecular flexibility index (Phi) is 11.5. The molecule has 5 rings (SSSR count). The maximum absolute atomic E-state index is 14.2. The smallest absolute Gasteiger partial charge is 0.338 e. The van der Waals surface area contributed by atoms with E-state index in [0.717, 1.165) is 5.56 Å². The molecule has 0 fully saturated rings. The number of methoxy groups -OCH3 is 1. The van der Waals surface area contributed by atoms with E-state index in [1.807, 2.05) is 31.2 Å². The van der Waals surface area contributed by atoms with E-state index in [9.17, 15) is 9.59 Å². The number of hydrogen-bond donors (Lipinski definition) is 0. The van der Waals surface area contributed by atoms with Gasteiger partial charge in [-0.1, -0.05) is 75.8 Å². The van der Waals surface area contributed by atoms with E-state index in [-0.39, 0.29) is 31.0 Å². The van der Waals surface area contributed by atoms with E-state index in [1.54, 1.807) is 63.4 Å². The summed E-state index contributed by atoms with van der Waals surface area (Å²) in [5.74, 6) is 1.42. The number of fused-ring (bicyclic) bond motifs is 1. The molecular formula is C36H34BrClN2O7S. The zero-order chi connectivity index (χ0) is 34.4. The third-order valence-electron chi connectivity index (χ3n) is 7.37. The normalized spacial score (nSPS) is 14.2. The molecule has 0 saturated heterocycles. The molecule has 0 saturated carbocycles. The molecule has 0 amide bonds. The SMILES string of the molecule is C=CCOc1ccc([C@H]2C(C(=O)OCC)=C(C)N=c3s/c(=C/c4cc(OC)c(OCc5ccccc5Cl)cc4Br)c(=O)n32)cc1OCC. The first-order valence-corrected chi connectivity index (χ1v) is 17.1. The lowest BCUT2D eigenvalue weighted by atomic mass is 9.95. The molecule has 2 heterocycles. The van der Waals surface area contributed by atoms with Gasteiger partial charge in [-0.15, -0.1) is 0 Å². The predicted octanol–water partition coefficient (Wildman–Crippen LogP) is 6.77. The van der Waals surface area contributed by atoms with Crippen molar-refractivity contribution in [1.82, 2.24) is 4.57 Å². The average molecular weight is 754 g/mol. The lowest BCUT2D eigenvalue weighted by Gasteiger charge is -2.25. The van der Waals surface area contributed by atoms with Crippen molar-refractivity contribution in [1.29, 1.82) is 0 Å². The van der Waals surface area contributed by atoms with Crippen LogP contribution in [0.4, 0.5) is 0 Å². The fraction of sp³-hybridized carbons (Fsp3) is 0.250. The number of carbonyl (C=O) groups is 1. The van der Waals surface area contributed by atoms with Crippen LogP contribution in [-0.4, -0.2) is 37.5 Å². The van der Waals surface area contributed by atoms with Crippen LogP contribution in [0.25, 0.3) is 6.08 Å². The van der Waals surface area contributed by atoms with E-state index in [0.29, 0.717) is 65.3 Å². The minimum atomic E-state index is -0.825. The fourth-order valence-electron chi connectivity index (χ4n) is 5.18. The van der Waals surface area contributed by atoms with Gasteiger partial charge in [-0.25, -0.2) is 9.79 Å². The van der Waals surface area contributed by atoms with Gasteiger partial charge in [0.15, 0.2) is 27.8 Å². The highest BCUT2D eigenvalue weighted by Gasteiger charge is 2.34. The second kappa shape index (κ2) is 15.7. The van der Waals surface area contributed by atoms with E-state index in [1.165, 1.54) is 15.9 Å². The van der Waals surface area contributed by atoms with Gasteiger partial charge in [0.05, 0.1) is 42.2 Å². The number of thiazole rings is 1. The van der Waals surface area contributed by atoms with Crippen molar-refractivity contribution in [2.45, 2.75) is 33.4 Å². The molecule has 0 unspecified atom stereocenters. The van der Waals surface area contributed by atoms with Crippen LogP contribution in [0.3, 0.4) is 0 Å². The van der Waals surface area contributed by atoms with Crippen molar-refractivity contribution in [3.05, 3.63) is 124 Å². The summed E-state index contributed by atoms with van der Waals surface area (Å²) in [6, 6.07) is 15.5. The first-order chi connectivity index (χ1) is 23.2. The van der Waals surface area contributed by atoms with Crippen molar-refractivity contribution >= 4 is 50.9 Å². The molecule has 1 aliphatic heterocycles. The lowest BCUT2D eigenvalue weighted by Crippen LogP contribution is -2.40. The summed E-state index contributed by atoms with van der Waals surface area (Å²) < 4.78 is 31.4. The van der Waals surface area contributed by atoms with Crippen molar-refractivity contribution in [2.24, 2.45) is 4.99 Å². The Bertz CT molecular complexity index is 2070. The maximum Gasteiger partial charge on any atom is 0.338 e. The molecule has 12 heteroatoms. The monoisotopic (exact) mass is 752 g/mol. The molecule has 3 aromatic carbocycles. The van der Waals surface area contributed by atoms with Gasteiger partial charge in [-0.2, -0.15) is 0 Å². The number of esters is 1. The van der Waals surface area contributed by atoms with Gasteiger partial charge >= 0.3 is 5.97 Å². The number of allylic oxidation sites excluding steroid dienone is 1. The van der Waals surface area contributed by atoms with Crippen LogP contribution in [0.15, 0.2) is 92.8 Å². The van der Waals surface area contributed by atoms with Gasteiger partial charge in [0.25, 0.3) is 5.56 Å². The summed E-state index contributed by atoms with van der Waals surface area (Å²) in [4.78, 5) is 32.7. The summed E-state index contributed by atoms with van der Waals surface area (Å²) in [6.07, 6.45) is 3.40. The third kappa shape index (κ3) is 7.38. The van der Waals surface area contributed by atoms with Crippen LogP contribution in [0, 0.1) is 0 Å². The number of halogens is 2. The Labute approximate surface area is 295 Å². The van der Waals surface area contributed by atoms with E-state index in [4.69, 9.17) is 35.3 Å². The molecule has 48 heavy (non-hydrogen) atoms. The first kappa shape index (κ1) is 35.0. The second-order valence-electron chi connectivity index (χ2n) is 10.4. The second-order valence-corrected chi connectivity index (χ2v) is 12.7. The summed E-state index contributed by atoms with van der Waals surface area (Å²) >= 11 is 11.2. The number of carbonyl (C=O) groups excluding carboxylic acids is 1. The predicted molar refractivity (Wildman–Crippen MR) is 190 cm³/mol. The summed E-state index contributed by atoms with van der Waals surface area (Å²) in [7, 11) is 1.55. The lowest BCUT2D eigenvalue weighted by molar-refractivity contribution is -0.139. The summed E-state index contributed by atoms with van der Waals surface area (Å²) in [5.41, 5.74) is 2.55. The fourth-order valence-corrected chi connectivity index (χ4v) is 6.85. The first-order valence-electron chi connectivity index (χ1n) is 15.1. The maximum atomic E-state index is 14.2. The molecule has 0 aliphatic carbocycles. The average Bonchev–Trinajstić information content (AvgIpc) is 3.37. The standard InChI is InChI=1S/C36H34BrClN2O7S/c1-6-15-46-27-14-13-22(16-29(27)44-7-2)33-32(35(42)45-8-3)21(4)39-36-40(33)34(41)31(48-36)18-24-17-28(43-5)30(19-25(24)37)47-20-23-11-9-10-12-26(23)38/h6,9-14,16-19,33H,1,7-8,15,20H2,2-5H3/b31-18+/t33-/m0/s1. The molecule has 1 aliphatic rings. The number of aromatic nitrogens is 1. The Hall–Kier alpha value is -4.32. The molecule has 0 N–H and O–H groups in total. The van der Waals surface area contributed by atoms with Gasteiger partial charge in [0.1, 0.15) is 13.2 Å². The zero-order valence-electron chi connectivity index (χ0n) is 26.9. The quantitative estimate of drug-likeness (QED) is 0.110. The minimum absolute atomic E-state index is 0.166. The van der Waals surface area contributed by atoms with Crippen LogP contribution < -0.4 is 33.8 Å². The Morgan fingerprint density at radius 1 is 1.04 bits per heavy atom. The van der Waals surface area contributed by atoms with Gasteiger partial charge in [0.2, 0.25) is 0 Å². The number of nitrogens with zero attached hydrogens (tertiary/aromatic N) is 2. The molecule has 0 spiro atoms. The van der Waals surface area contributed by atoms with Crippen LogP contribution in [0.2, 0.25) is 5.02 Å². The molecule has 1 atom stereocenters. The molecule has 1 aromatic heterocycles. The highest BCUT2D eigenvalue weighted by molar-refractivity contribution is 9.10. The highest BCUT2D eigenvalue weighted by atomic mass is 79.9. The number of hydrogen-bond acceptors (Lipinski definition) is 9. The molecular weight excluding hydrogens is 720 g/mol. The highest BCUT2D eigenvalue weighted by Crippen LogP contribution is 2.37. The molecule has 0 radical (unpaired) electrons. The Balaban J connectivity index is 1.61. The van der Waals surface area contributed by atoms with E-state index >= 15 is 0 Å². The van der Waals surface area contributed by atoms with Gasteiger partial charge in [0, 0.05) is 15.1 Å². The number of rotatable bonds is 13. The van der Waals surface area contributed by atoms with Crippen LogP contribution in [0.1, 0.15) is 43.5 Å². The van der Waals surface area contributed by atoms with Crippen LogP contribution >= 0.6 is 38.9 Å². The minimum Gasteiger partial charge on any atom is -0.493 e. The van der Waals surface area contributed by atoms with Gasteiger partial charge in [-0.05, 0) is 68.3 Å². The van der Waals surface area contributed by atoms with Crippen molar-refractivity contribution in [3.8, 4) is 23.0 Å². The van der Waals surface area contributed by atoms with E-state index in [2.05, 4.69) is 27.5 Å². The van der Waals surface area contributed by atoms with Crippen LogP contribution in [0.5, 0.6) is 23.0 Å². The van der Waals surface area contributed by atoms with Gasteiger partial charge < -0.3 is 23.7 Å².